The fourth-order valence-corrected chi connectivity index (χ4v) is 2.28. The lowest BCUT2D eigenvalue weighted by molar-refractivity contribution is 0.180. The van der Waals surface area contributed by atoms with E-state index < -0.39 is 0 Å². The van der Waals surface area contributed by atoms with Crippen LogP contribution < -0.4 is 16.6 Å². The minimum atomic E-state index is -0.293. The van der Waals surface area contributed by atoms with Gasteiger partial charge < -0.3 is 16.0 Å². The summed E-state index contributed by atoms with van der Waals surface area (Å²) >= 11 is 0. The molecule has 0 spiro atoms. The Morgan fingerprint density at radius 1 is 1.50 bits per heavy atom. The van der Waals surface area contributed by atoms with E-state index in [1.807, 2.05) is 0 Å². The number of H-pyrrole nitrogens is 1. The number of aromatic nitrogens is 2. The molecule has 2 heterocycles. The molecule has 1 saturated heterocycles. The Hall–Kier alpha value is -1.56. The van der Waals surface area contributed by atoms with Gasteiger partial charge in [-0.05, 0) is 32.9 Å². The van der Waals surface area contributed by atoms with Gasteiger partial charge in [0.2, 0.25) is 0 Å². The monoisotopic (exact) mass is 251 g/mol. The number of hydrogen-bond donors (Lipinski definition) is 3. The Morgan fingerprint density at radius 2 is 2.22 bits per heavy atom. The van der Waals surface area contributed by atoms with E-state index in [1.165, 1.54) is 25.6 Å². The molecule has 0 radical (unpaired) electrons. The molecule has 0 aromatic carbocycles. The molecule has 1 unspecified atom stereocenters. The first-order chi connectivity index (χ1) is 8.68. The minimum Gasteiger partial charge on any atom is -0.391 e. The topological polar surface area (TPSA) is 87.0 Å². The van der Waals surface area contributed by atoms with E-state index in [2.05, 4.69) is 27.1 Å². The van der Waals surface area contributed by atoms with Gasteiger partial charge in [0.25, 0.3) is 5.56 Å². The molecule has 1 aromatic heterocycles. The molecule has 0 amide bonds. The predicted molar refractivity (Wildman–Crippen MR) is 72.6 cm³/mol. The van der Waals surface area contributed by atoms with Gasteiger partial charge in [-0.25, -0.2) is 4.98 Å². The van der Waals surface area contributed by atoms with Crippen molar-refractivity contribution in [1.29, 1.82) is 0 Å². The molecule has 100 valence electrons. The maximum Gasteiger partial charge on any atom is 0.276 e. The number of aromatic amines is 1. The Labute approximate surface area is 107 Å². The van der Waals surface area contributed by atoms with Crippen LogP contribution in [0.25, 0.3) is 0 Å². The molecule has 6 nitrogen and oxygen atoms in total. The van der Waals surface area contributed by atoms with E-state index in [0.29, 0.717) is 11.9 Å². The predicted octanol–water partition coefficient (Wildman–Crippen LogP) is 0.638. The maximum atomic E-state index is 11.3. The molecule has 1 aromatic rings. The third-order valence-corrected chi connectivity index (χ3v) is 3.47. The highest BCUT2D eigenvalue weighted by molar-refractivity contribution is 5.58. The lowest BCUT2D eigenvalue weighted by atomic mass is 10.1. The van der Waals surface area contributed by atoms with Gasteiger partial charge in [0.15, 0.2) is 5.82 Å². The van der Waals surface area contributed by atoms with Gasteiger partial charge in [0.1, 0.15) is 5.69 Å². The Balaban J connectivity index is 1.90. The number of anilines is 2. The summed E-state index contributed by atoms with van der Waals surface area (Å²) in [5, 5.41) is 3.15. The van der Waals surface area contributed by atoms with Crippen LogP contribution in [0.4, 0.5) is 11.5 Å². The Morgan fingerprint density at radius 3 is 2.94 bits per heavy atom. The van der Waals surface area contributed by atoms with E-state index >= 15 is 0 Å². The molecule has 1 aliphatic rings. The largest absolute Gasteiger partial charge is 0.391 e. The fraction of sp³-hybridized carbons (Fsp3) is 0.667. The van der Waals surface area contributed by atoms with Crippen LogP contribution in [0.15, 0.2) is 11.1 Å². The van der Waals surface area contributed by atoms with Crippen LogP contribution in [-0.2, 0) is 0 Å². The van der Waals surface area contributed by atoms with Crippen LogP contribution >= 0.6 is 0 Å². The highest BCUT2D eigenvalue weighted by atomic mass is 16.1. The van der Waals surface area contributed by atoms with Crippen molar-refractivity contribution in [2.75, 3.05) is 30.7 Å². The molecule has 1 aliphatic heterocycles. The van der Waals surface area contributed by atoms with Crippen LogP contribution in [0.1, 0.15) is 26.2 Å². The number of nitrogens with zero attached hydrogens (tertiary/aromatic N) is 2. The molecule has 1 atom stereocenters. The summed E-state index contributed by atoms with van der Waals surface area (Å²) in [4.78, 5) is 20.3. The smallest absolute Gasteiger partial charge is 0.276 e. The second kappa shape index (κ2) is 5.86. The van der Waals surface area contributed by atoms with Crippen molar-refractivity contribution < 1.29 is 0 Å². The summed E-state index contributed by atoms with van der Waals surface area (Å²) in [5.74, 6) is 0.475. The van der Waals surface area contributed by atoms with Gasteiger partial charge in [-0.1, -0.05) is 6.42 Å². The maximum absolute atomic E-state index is 11.3. The van der Waals surface area contributed by atoms with Crippen LogP contribution in [0.2, 0.25) is 0 Å². The first-order valence-electron chi connectivity index (χ1n) is 6.49. The standard InChI is InChI=1S/C12H21N5O/c1-9(17-5-3-2-4-6-17)7-14-11-10(13)12(18)16-8-15-11/h8-9H,2-7,13H2,1H3,(H2,14,15,16,18). The normalized spacial score (nSPS) is 18.5. The number of likely N-dealkylation sites (tertiary alicyclic amines) is 1. The SMILES string of the molecule is CC(CNc1nc[nH]c(=O)c1N)N1CCCCC1. The van der Waals surface area contributed by atoms with Crippen LogP contribution in [0, 0.1) is 0 Å². The van der Waals surface area contributed by atoms with E-state index in [-0.39, 0.29) is 11.2 Å². The summed E-state index contributed by atoms with van der Waals surface area (Å²) in [6.45, 7) is 5.24. The molecule has 6 heteroatoms. The van der Waals surface area contributed by atoms with Crippen molar-refractivity contribution in [2.45, 2.75) is 32.2 Å². The van der Waals surface area contributed by atoms with Gasteiger partial charge in [0.05, 0.1) is 6.33 Å². The number of nitrogens with one attached hydrogen (secondary N) is 2. The average molecular weight is 251 g/mol. The summed E-state index contributed by atoms with van der Waals surface area (Å²) < 4.78 is 0. The number of rotatable bonds is 4. The van der Waals surface area contributed by atoms with Crippen LogP contribution in [-0.4, -0.2) is 40.5 Å². The number of hydrogen-bond acceptors (Lipinski definition) is 5. The second-order valence-corrected chi connectivity index (χ2v) is 4.82. The van der Waals surface area contributed by atoms with Gasteiger partial charge in [-0.2, -0.15) is 0 Å². The fourth-order valence-electron chi connectivity index (χ4n) is 2.28. The first kappa shape index (κ1) is 12.9. The summed E-state index contributed by atoms with van der Waals surface area (Å²) in [5.41, 5.74) is 5.53. The third kappa shape index (κ3) is 3.01. The minimum absolute atomic E-state index is 0.156. The number of piperidine rings is 1. The van der Waals surface area contributed by atoms with Crippen molar-refractivity contribution in [2.24, 2.45) is 0 Å². The highest BCUT2D eigenvalue weighted by Gasteiger charge is 2.16. The molecular weight excluding hydrogens is 230 g/mol. The number of nitrogen functional groups attached to an aromatic ring is 1. The van der Waals surface area contributed by atoms with E-state index in [4.69, 9.17) is 5.73 Å². The second-order valence-electron chi connectivity index (χ2n) is 4.82. The average Bonchev–Trinajstić information content (AvgIpc) is 2.41. The first-order valence-corrected chi connectivity index (χ1v) is 6.49. The van der Waals surface area contributed by atoms with Crippen molar-refractivity contribution in [3.05, 3.63) is 16.7 Å². The van der Waals surface area contributed by atoms with Gasteiger partial charge >= 0.3 is 0 Å². The van der Waals surface area contributed by atoms with Gasteiger partial charge in [-0.15, -0.1) is 0 Å². The van der Waals surface area contributed by atoms with Crippen LogP contribution in [0.3, 0.4) is 0 Å². The highest BCUT2D eigenvalue weighted by Crippen LogP contribution is 2.13. The molecule has 18 heavy (non-hydrogen) atoms. The zero-order valence-corrected chi connectivity index (χ0v) is 10.8. The van der Waals surface area contributed by atoms with Crippen LogP contribution in [0.5, 0.6) is 0 Å². The zero-order chi connectivity index (χ0) is 13.0. The molecule has 0 aliphatic carbocycles. The van der Waals surface area contributed by atoms with E-state index in [9.17, 15) is 4.79 Å². The lowest BCUT2D eigenvalue weighted by Crippen LogP contribution is -2.41. The van der Waals surface area contributed by atoms with Gasteiger partial charge in [0, 0.05) is 12.6 Å². The quantitative estimate of drug-likeness (QED) is 0.731. The van der Waals surface area contributed by atoms with Crippen molar-refractivity contribution in [3.63, 3.8) is 0 Å². The molecule has 0 bridgehead atoms. The van der Waals surface area contributed by atoms with Crippen molar-refractivity contribution >= 4 is 11.5 Å². The molecule has 4 N–H and O–H groups in total. The lowest BCUT2D eigenvalue weighted by Gasteiger charge is -2.32. The molecule has 1 fully saturated rings. The molecular formula is C12H21N5O. The number of nitrogens with two attached hydrogens (primary N) is 1. The third-order valence-electron chi connectivity index (χ3n) is 3.47. The zero-order valence-electron chi connectivity index (χ0n) is 10.8. The van der Waals surface area contributed by atoms with E-state index in [1.54, 1.807) is 0 Å². The summed E-state index contributed by atoms with van der Waals surface area (Å²) in [6, 6.07) is 0.422. The summed E-state index contributed by atoms with van der Waals surface area (Å²) in [6.07, 6.45) is 5.25. The van der Waals surface area contributed by atoms with Crippen molar-refractivity contribution in [3.8, 4) is 0 Å². The van der Waals surface area contributed by atoms with Gasteiger partial charge in [-0.3, -0.25) is 9.69 Å². The van der Waals surface area contributed by atoms with E-state index in [0.717, 1.165) is 19.6 Å². The Kier molecular flexibility index (Phi) is 4.19. The Bertz CT molecular complexity index is 438. The molecule has 0 saturated carbocycles. The summed E-state index contributed by atoms with van der Waals surface area (Å²) in [7, 11) is 0. The van der Waals surface area contributed by atoms with Crippen molar-refractivity contribution in [1.82, 2.24) is 14.9 Å². The molecule has 2 rings (SSSR count).